The highest BCUT2D eigenvalue weighted by molar-refractivity contribution is 9.10. The molecule has 0 saturated heterocycles. The van der Waals surface area contributed by atoms with E-state index >= 15 is 0 Å². The van der Waals surface area contributed by atoms with E-state index in [1.807, 2.05) is 0 Å². The molecule has 4 nitrogen and oxygen atoms in total. The Morgan fingerprint density at radius 2 is 0.892 bits per heavy atom. The van der Waals surface area contributed by atoms with E-state index in [1.165, 1.54) is 55.2 Å². The summed E-state index contributed by atoms with van der Waals surface area (Å²) in [5.74, 6) is 1.64. The quantitative estimate of drug-likeness (QED) is 0.144. The van der Waals surface area contributed by atoms with E-state index < -0.39 is 5.41 Å². The van der Waals surface area contributed by atoms with Crippen molar-refractivity contribution in [1.82, 2.24) is 4.57 Å². The van der Waals surface area contributed by atoms with Gasteiger partial charge in [0, 0.05) is 56.2 Å². The second kappa shape index (κ2) is 19.8. The number of aryl methyl sites for hydroxylation is 1. The summed E-state index contributed by atoms with van der Waals surface area (Å²) in [6.45, 7) is 9.12. The number of rotatable bonds is 9. The molecule has 1 aliphatic heterocycles. The van der Waals surface area contributed by atoms with Crippen LogP contribution in [0.25, 0.3) is 60.9 Å². The molecule has 1 aliphatic carbocycles. The van der Waals surface area contributed by atoms with Crippen molar-refractivity contribution in [1.29, 1.82) is 0 Å². The summed E-state index contributed by atoms with van der Waals surface area (Å²) in [6, 6.07) is 102. The van der Waals surface area contributed by atoms with E-state index in [0.717, 1.165) is 89.2 Å². The number of hydrogen-bond acceptors (Lipinski definition) is 3. The minimum Gasteiger partial charge on any atom is -0.457 e. The van der Waals surface area contributed by atoms with E-state index in [4.69, 9.17) is 4.74 Å². The lowest BCUT2D eigenvalue weighted by Crippen LogP contribution is -2.32. The van der Waals surface area contributed by atoms with E-state index in [0.29, 0.717) is 0 Å². The Morgan fingerprint density at radius 1 is 0.386 bits per heavy atom. The van der Waals surface area contributed by atoms with Crippen LogP contribution in [-0.4, -0.2) is 4.57 Å². The maximum atomic E-state index is 7.39. The highest BCUT2D eigenvalue weighted by Crippen LogP contribution is 2.63. The molecule has 15 rings (SSSR count). The van der Waals surface area contributed by atoms with Crippen LogP contribution in [0.2, 0.25) is 0 Å². The van der Waals surface area contributed by atoms with Crippen LogP contribution in [0.1, 0.15) is 54.2 Å². The predicted molar refractivity (Wildman–Crippen MR) is 350 cm³/mol. The SMILES string of the molecule is Cc1cccc(N(c2ccccc2-c2ccccc2)c2cc(C(C)(C)C)cc(N(c3ccc4c(c3)Oc3ccccc3C43c4ccccc4-c4ccc(-n5c6ccccc6c6ccccc65)cc43)c3ccccc3-c3ccccc3)c2Br)c1. The maximum absolute atomic E-state index is 7.39. The largest absolute Gasteiger partial charge is 0.457 e. The lowest BCUT2D eigenvalue weighted by Gasteiger charge is -2.40. The van der Waals surface area contributed by atoms with Crippen LogP contribution in [0.4, 0.5) is 34.1 Å². The predicted octanol–water partition coefficient (Wildman–Crippen LogP) is 21.9. The first kappa shape index (κ1) is 50.3. The average molecular weight is 1130 g/mol. The van der Waals surface area contributed by atoms with Gasteiger partial charge in [-0.2, -0.15) is 0 Å². The van der Waals surface area contributed by atoms with E-state index in [2.05, 4.69) is 337 Å². The van der Waals surface area contributed by atoms with Gasteiger partial charge >= 0.3 is 0 Å². The highest BCUT2D eigenvalue weighted by atomic mass is 79.9. The van der Waals surface area contributed by atoms with Crippen molar-refractivity contribution in [2.75, 3.05) is 9.80 Å². The fraction of sp³-hybridized carbons (Fsp3) is 0.0769. The second-order valence-corrected chi connectivity index (χ2v) is 23.8. The molecule has 1 unspecified atom stereocenters. The normalized spacial score (nSPS) is 14.0. The molecule has 2 aliphatic rings. The van der Waals surface area contributed by atoms with Gasteiger partial charge in [-0.25, -0.2) is 0 Å². The molecule has 0 fully saturated rings. The third-order valence-electron chi connectivity index (χ3n) is 17.1. The zero-order chi connectivity index (χ0) is 56.0. The smallest absolute Gasteiger partial charge is 0.134 e. The van der Waals surface area contributed by atoms with E-state index in [1.54, 1.807) is 0 Å². The number of para-hydroxylation sites is 5. The van der Waals surface area contributed by atoms with Crippen LogP contribution in [0.3, 0.4) is 0 Å². The lowest BCUT2D eigenvalue weighted by molar-refractivity contribution is 0.436. The number of fused-ring (bicyclic) bond motifs is 12. The van der Waals surface area contributed by atoms with Crippen LogP contribution >= 0.6 is 15.9 Å². The van der Waals surface area contributed by atoms with Crippen LogP contribution in [0.5, 0.6) is 11.5 Å². The van der Waals surface area contributed by atoms with Gasteiger partial charge in [-0.05, 0) is 146 Å². The monoisotopic (exact) mass is 1130 g/mol. The number of benzene rings is 12. The molecule has 0 amide bonds. The molecule has 13 aromatic rings. The minimum absolute atomic E-state index is 0.261. The summed E-state index contributed by atoms with van der Waals surface area (Å²) >= 11 is 4.47. The highest BCUT2D eigenvalue weighted by Gasteiger charge is 2.51. The van der Waals surface area contributed by atoms with Crippen LogP contribution in [-0.2, 0) is 10.8 Å². The molecular weight excluding hydrogens is 1070 g/mol. The first-order valence-electron chi connectivity index (χ1n) is 28.6. The summed E-state index contributed by atoms with van der Waals surface area (Å²) in [6.07, 6.45) is 0. The number of halogens is 1. The molecule has 0 N–H and O–H groups in total. The van der Waals surface area contributed by atoms with Crippen LogP contribution < -0.4 is 14.5 Å². The number of hydrogen-bond donors (Lipinski definition) is 0. The van der Waals surface area contributed by atoms with Crippen molar-refractivity contribution >= 4 is 71.9 Å². The molecule has 83 heavy (non-hydrogen) atoms. The fourth-order valence-electron chi connectivity index (χ4n) is 13.4. The van der Waals surface area contributed by atoms with Gasteiger partial charge in [-0.15, -0.1) is 0 Å². The second-order valence-electron chi connectivity index (χ2n) is 23.0. The third-order valence-corrected chi connectivity index (χ3v) is 17.9. The number of nitrogens with zero attached hydrogens (tertiary/aromatic N) is 3. The van der Waals surface area contributed by atoms with Gasteiger partial charge in [0.05, 0.1) is 43.7 Å². The topological polar surface area (TPSA) is 20.6 Å². The first-order chi connectivity index (χ1) is 40.6. The summed E-state index contributed by atoms with van der Waals surface area (Å²) in [7, 11) is 0. The molecule has 0 saturated carbocycles. The number of aromatic nitrogens is 1. The Labute approximate surface area is 493 Å². The molecule has 2 heterocycles. The number of ether oxygens (including phenoxy) is 1. The Bertz CT molecular complexity index is 4630. The summed E-state index contributed by atoms with van der Waals surface area (Å²) in [4.78, 5) is 4.90. The zero-order valence-corrected chi connectivity index (χ0v) is 48.3. The van der Waals surface area contributed by atoms with Gasteiger partial charge in [-0.1, -0.05) is 221 Å². The molecule has 398 valence electrons. The first-order valence-corrected chi connectivity index (χ1v) is 29.4. The van der Waals surface area contributed by atoms with Gasteiger partial charge < -0.3 is 19.1 Å². The van der Waals surface area contributed by atoms with Crippen LogP contribution in [0.15, 0.2) is 284 Å². The van der Waals surface area contributed by atoms with Gasteiger partial charge in [0.15, 0.2) is 0 Å². The Kier molecular flexibility index (Phi) is 12.0. The Morgan fingerprint density at radius 3 is 1.51 bits per heavy atom. The van der Waals surface area contributed by atoms with Gasteiger partial charge in [-0.3, -0.25) is 0 Å². The molecule has 1 atom stereocenters. The van der Waals surface area contributed by atoms with Crippen molar-refractivity contribution in [3.63, 3.8) is 0 Å². The number of anilines is 6. The minimum atomic E-state index is -0.726. The van der Waals surface area contributed by atoms with Crippen molar-refractivity contribution < 1.29 is 4.74 Å². The van der Waals surface area contributed by atoms with Gasteiger partial charge in [0.2, 0.25) is 0 Å². The summed E-state index contributed by atoms with van der Waals surface area (Å²) < 4.78 is 10.8. The molecule has 1 spiro atoms. The van der Waals surface area contributed by atoms with E-state index in [9.17, 15) is 0 Å². The molecule has 1 aromatic heterocycles. The van der Waals surface area contributed by atoms with E-state index in [-0.39, 0.29) is 5.41 Å². The van der Waals surface area contributed by atoms with Crippen molar-refractivity contribution in [2.24, 2.45) is 0 Å². The van der Waals surface area contributed by atoms with Crippen molar-refractivity contribution in [2.45, 2.75) is 38.5 Å². The summed E-state index contributed by atoms with van der Waals surface area (Å²) in [5, 5.41) is 2.47. The van der Waals surface area contributed by atoms with Gasteiger partial charge in [0.1, 0.15) is 11.5 Å². The molecule has 0 radical (unpaired) electrons. The van der Waals surface area contributed by atoms with Crippen molar-refractivity contribution in [3.8, 4) is 50.6 Å². The van der Waals surface area contributed by atoms with Crippen molar-refractivity contribution in [3.05, 3.63) is 317 Å². The maximum Gasteiger partial charge on any atom is 0.134 e. The molecule has 12 aromatic carbocycles. The standard InChI is InChI=1S/C78H58BrN3O/c1-51-24-23-29-55(46-51)81(68-37-18-12-30-58(68)52-25-7-5-8-26-52)72-47-54(77(2,3)4)48-73(76(72)79)82(69-38-19-13-31-59(69)53-27-9-6-10-28-53)57-43-45-66-75(50-57)83-74-41-22-17-36-65(74)78(66)64-35-16-11-32-60(64)61-44-42-56(49-67(61)78)80-70-39-20-14-33-62(70)63-34-15-21-40-71(63)80/h5-50H,1-4H3. The van der Waals surface area contributed by atoms with Gasteiger partial charge in [0.25, 0.3) is 0 Å². The molecule has 0 bridgehead atoms. The lowest BCUT2D eigenvalue weighted by atomic mass is 9.66. The molecule has 5 heteroatoms. The van der Waals surface area contributed by atoms with Crippen LogP contribution in [0, 0.1) is 6.92 Å². The summed E-state index contributed by atoms with van der Waals surface area (Å²) in [5.41, 5.74) is 22.6. The fourth-order valence-corrected chi connectivity index (χ4v) is 13.9. The Balaban J connectivity index is 0.997. The Hall–Kier alpha value is -9.68. The average Bonchev–Trinajstić information content (AvgIpc) is 2.83. The molecular formula is C78H58BrN3O. The third kappa shape index (κ3) is 8.08. The zero-order valence-electron chi connectivity index (χ0n) is 46.7.